The van der Waals surface area contributed by atoms with Crippen molar-refractivity contribution in [1.82, 2.24) is 15.1 Å². The molecule has 0 saturated carbocycles. The molecule has 3 rings (SSSR count). The zero-order chi connectivity index (χ0) is 15.0. The molecule has 112 valence electrons. The van der Waals surface area contributed by atoms with Crippen LogP contribution in [0.1, 0.15) is 54.5 Å². The molecule has 1 saturated heterocycles. The molecule has 2 aliphatic rings. The second-order valence-corrected chi connectivity index (χ2v) is 5.95. The summed E-state index contributed by atoms with van der Waals surface area (Å²) in [5.41, 5.74) is 2.44. The highest BCUT2D eigenvalue weighted by Gasteiger charge is 2.32. The Morgan fingerprint density at radius 2 is 2.14 bits per heavy atom. The van der Waals surface area contributed by atoms with E-state index in [9.17, 15) is 4.79 Å². The predicted octanol–water partition coefficient (Wildman–Crippen LogP) is 1.81. The van der Waals surface area contributed by atoms with Crippen LogP contribution in [0.25, 0.3) is 0 Å². The average Bonchev–Trinajstić information content (AvgIpc) is 2.90. The fraction of sp³-hybridized carbons (Fsp3) is 0.667. The van der Waals surface area contributed by atoms with E-state index in [2.05, 4.69) is 16.3 Å². The molecule has 6 nitrogen and oxygen atoms in total. The third kappa shape index (κ3) is 2.54. The minimum absolute atomic E-state index is 0.0230. The number of aromatic nitrogens is 2. The summed E-state index contributed by atoms with van der Waals surface area (Å²) < 4.78 is 5.75. The second-order valence-electron chi connectivity index (χ2n) is 5.95. The first kappa shape index (κ1) is 14.1. The van der Waals surface area contributed by atoms with Crippen molar-refractivity contribution in [3.63, 3.8) is 0 Å². The summed E-state index contributed by atoms with van der Waals surface area (Å²) in [5, 5.41) is 16.1. The molecule has 21 heavy (non-hydrogen) atoms. The number of fused-ring (bicyclic) bond motifs is 1. The minimum Gasteiger partial charge on any atom is -0.369 e. The number of nitriles is 1. The van der Waals surface area contributed by atoms with Crippen molar-refractivity contribution >= 4 is 5.91 Å². The molecule has 1 aromatic rings. The van der Waals surface area contributed by atoms with Crippen LogP contribution < -0.4 is 0 Å². The van der Waals surface area contributed by atoms with Crippen LogP contribution in [0.3, 0.4) is 0 Å². The number of H-pyrrole nitrogens is 1. The largest absolute Gasteiger partial charge is 0.369 e. The van der Waals surface area contributed by atoms with Crippen molar-refractivity contribution in [2.75, 3.05) is 13.1 Å². The first-order chi connectivity index (χ1) is 10.1. The smallest absolute Gasteiger partial charge is 0.274 e. The molecular weight excluding hydrogens is 268 g/mol. The van der Waals surface area contributed by atoms with Crippen LogP contribution in [0.15, 0.2) is 0 Å². The standard InChI is InChI=1S/C15H20N4O2/c1-9-7-12-13(10(2)21-9)17-18-14(12)15(20)19-5-3-11(8-16)4-6-19/h9-11H,3-7H2,1-2H3,(H,17,18)/t9-,10+/m1/s1. The summed E-state index contributed by atoms with van der Waals surface area (Å²) >= 11 is 0. The minimum atomic E-state index is -0.0536. The Kier molecular flexibility index (Phi) is 3.68. The van der Waals surface area contributed by atoms with E-state index in [1.165, 1.54) is 0 Å². The maximum atomic E-state index is 12.7. The monoisotopic (exact) mass is 288 g/mol. The van der Waals surface area contributed by atoms with E-state index in [1.54, 1.807) is 0 Å². The van der Waals surface area contributed by atoms with Crippen LogP contribution in [0.2, 0.25) is 0 Å². The highest BCUT2D eigenvalue weighted by molar-refractivity contribution is 5.94. The fourth-order valence-corrected chi connectivity index (χ4v) is 3.21. The van der Waals surface area contributed by atoms with Gasteiger partial charge in [-0.15, -0.1) is 0 Å². The molecule has 0 aromatic carbocycles. The van der Waals surface area contributed by atoms with Crippen LogP contribution in [-0.4, -0.2) is 40.2 Å². The third-order valence-electron chi connectivity index (χ3n) is 4.40. The van der Waals surface area contributed by atoms with E-state index in [0.29, 0.717) is 25.2 Å². The molecule has 3 heterocycles. The van der Waals surface area contributed by atoms with E-state index >= 15 is 0 Å². The van der Waals surface area contributed by atoms with Gasteiger partial charge in [-0.1, -0.05) is 0 Å². The van der Waals surface area contributed by atoms with Gasteiger partial charge >= 0.3 is 0 Å². The van der Waals surface area contributed by atoms with Crippen LogP contribution in [0.5, 0.6) is 0 Å². The number of piperidine rings is 1. The lowest BCUT2D eigenvalue weighted by atomic mass is 9.96. The normalized spacial score (nSPS) is 26.2. The first-order valence-corrected chi connectivity index (χ1v) is 7.51. The zero-order valence-electron chi connectivity index (χ0n) is 12.4. The molecule has 0 radical (unpaired) electrons. The zero-order valence-corrected chi connectivity index (χ0v) is 12.4. The molecule has 1 aromatic heterocycles. The summed E-state index contributed by atoms with van der Waals surface area (Å²) in [6.07, 6.45) is 2.27. The number of nitrogens with one attached hydrogen (secondary N) is 1. The summed E-state index contributed by atoms with van der Waals surface area (Å²) in [6, 6.07) is 2.28. The molecule has 0 aliphatic carbocycles. The Balaban J connectivity index is 1.79. The number of hydrogen-bond acceptors (Lipinski definition) is 4. The number of rotatable bonds is 1. The quantitative estimate of drug-likeness (QED) is 0.854. The molecule has 6 heteroatoms. The second kappa shape index (κ2) is 5.49. The van der Waals surface area contributed by atoms with Gasteiger partial charge < -0.3 is 9.64 Å². The van der Waals surface area contributed by atoms with Gasteiger partial charge in [0.1, 0.15) is 0 Å². The number of aromatic amines is 1. The summed E-state index contributed by atoms with van der Waals surface area (Å²) in [5.74, 6) is 0.0563. The lowest BCUT2D eigenvalue weighted by Crippen LogP contribution is -2.39. The fourth-order valence-electron chi connectivity index (χ4n) is 3.21. The highest BCUT2D eigenvalue weighted by Crippen LogP contribution is 2.31. The van der Waals surface area contributed by atoms with Crippen LogP contribution in [0, 0.1) is 17.2 Å². The van der Waals surface area contributed by atoms with E-state index in [1.807, 2.05) is 18.7 Å². The number of carbonyl (C=O) groups is 1. The average molecular weight is 288 g/mol. The van der Waals surface area contributed by atoms with Crippen LogP contribution in [-0.2, 0) is 11.2 Å². The Morgan fingerprint density at radius 3 is 2.81 bits per heavy atom. The molecule has 0 unspecified atom stereocenters. The van der Waals surface area contributed by atoms with Crippen molar-refractivity contribution in [2.24, 2.45) is 5.92 Å². The van der Waals surface area contributed by atoms with Gasteiger partial charge in [0.15, 0.2) is 5.69 Å². The van der Waals surface area contributed by atoms with Gasteiger partial charge in [0.2, 0.25) is 0 Å². The van der Waals surface area contributed by atoms with Gasteiger partial charge in [-0.2, -0.15) is 10.4 Å². The number of likely N-dealkylation sites (tertiary alicyclic amines) is 1. The Hall–Kier alpha value is -1.87. The summed E-state index contributed by atoms with van der Waals surface area (Å²) in [6.45, 7) is 5.26. The number of ether oxygens (including phenoxy) is 1. The Morgan fingerprint density at radius 1 is 1.43 bits per heavy atom. The number of amides is 1. The molecule has 2 aliphatic heterocycles. The van der Waals surface area contributed by atoms with E-state index in [4.69, 9.17) is 10.00 Å². The Labute approximate surface area is 124 Å². The van der Waals surface area contributed by atoms with Gasteiger partial charge in [-0.3, -0.25) is 9.89 Å². The van der Waals surface area contributed by atoms with Crippen LogP contribution >= 0.6 is 0 Å². The molecular formula is C15H20N4O2. The molecule has 1 fully saturated rings. The van der Waals surface area contributed by atoms with Crippen molar-refractivity contribution in [1.29, 1.82) is 5.26 Å². The third-order valence-corrected chi connectivity index (χ3v) is 4.40. The first-order valence-electron chi connectivity index (χ1n) is 7.51. The molecule has 2 atom stereocenters. The van der Waals surface area contributed by atoms with Gasteiger partial charge in [-0.25, -0.2) is 0 Å². The molecule has 0 spiro atoms. The maximum Gasteiger partial charge on any atom is 0.274 e. The van der Waals surface area contributed by atoms with Gasteiger partial charge in [0, 0.05) is 31.0 Å². The summed E-state index contributed by atoms with van der Waals surface area (Å²) in [7, 11) is 0. The summed E-state index contributed by atoms with van der Waals surface area (Å²) in [4.78, 5) is 14.5. The molecule has 0 bridgehead atoms. The molecule has 1 amide bonds. The van der Waals surface area contributed by atoms with Crippen molar-refractivity contribution < 1.29 is 9.53 Å². The van der Waals surface area contributed by atoms with Crippen molar-refractivity contribution in [3.05, 3.63) is 17.0 Å². The number of hydrogen-bond donors (Lipinski definition) is 1. The number of carbonyl (C=O) groups excluding carboxylic acids is 1. The maximum absolute atomic E-state index is 12.7. The van der Waals surface area contributed by atoms with Gasteiger partial charge in [0.25, 0.3) is 5.91 Å². The lowest BCUT2D eigenvalue weighted by molar-refractivity contribution is -0.00703. The van der Waals surface area contributed by atoms with Crippen LogP contribution in [0.4, 0.5) is 0 Å². The Bertz CT molecular complexity index is 581. The van der Waals surface area contributed by atoms with Crippen molar-refractivity contribution in [3.8, 4) is 6.07 Å². The topological polar surface area (TPSA) is 82.0 Å². The van der Waals surface area contributed by atoms with E-state index < -0.39 is 0 Å². The van der Waals surface area contributed by atoms with E-state index in [0.717, 1.165) is 24.1 Å². The SMILES string of the molecule is C[C@@H]1Cc2c(C(=O)N3CCC(C#N)CC3)n[nH]c2[C@H](C)O1. The number of nitrogens with zero attached hydrogens (tertiary/aromatic N) is 3. The van der Waals surface area contributed by atoms with E-state index in [-0.39, 0.29) is 24.0 Å². The predicted molar refractivity (Wildman–Crippen MR) is 75.5 cm³/mol. The van der Waals surface area contributed by atoms with Crippen molar-refractivity contribution in [2.45, 2.75) is 45.3 Å². The molecule has 1 N–H and O–H groups in total. The lowest BCUT2D eigenvalue weighted by Gasteiger charge is -2.29. The van der Waals surface area contributed by atoms with Gasteiger partial charge in [0.05, 0.1) is 24.0 Å². The van der Waals surface area contributed by atoms with Gasteiger partial charge in [-0.05, 0) is 26.7 Å². The highest BCUT2D eigenvalue weighted by atomic mass is 16.5.